The van der Waals surface area contributed by atoms with Crippen molar-refractivity contribution >= 4 is 21.2 Å². The van der Waals surface area contributed by atoms with Crippen LogP contribution in [0.4, 0.5) is 0 Å². The van der Waals surface area contributed by atoms with Crippen LogP contribution >= 0.6 is 9.47 Å². The minimum absolute atomic E-state index is 0.0226. The van der Waals surface area contributed by atoms with Crippen LogP contribution in [0.5, 0.6) is 0 Å². The second kappa shape index (κ2) is 8.92. The van der Waals surface area contributed by atoms with Crippen LogP contribution in [0.2, 0.25) is 0 Å². The number of carbonyl (C=O) groups excluding carboxylic acids is 2. The highest BCUT2D eigenvalue weighted by molar-refractivity contribution is 7.10. The van der Waals surface area contributed by atoms with Crippen molar-refractivity contribution in [1.82, 2.24) is 0 Å². The molecule has 0 spiro atoms. The summed E-state index contributed by atoms with van der Waals surface area (Å²) in [7, 11) is 1.97. The molecule has 0 amide bonds. The van der Waals surface area contributed by atoms with Gasteiger partial charge in [-0.1, -0.05) is 55.5 Å². The number of aryl methyl sites for hydroxylation is 2. The van der Waals surface area contributed by atoms with Crippen molar-refractivity contribution in [2.24, 2.45) is 11.8 Å². The molecule has 0 heterocycles. The third-order valence-corrected chi connectivity index (χ3v) is 4.93. The topological polar surface area (TPSA) is 43.4 Å². The average molecular weight is 356 g/mol. The molecule has 2 aromatic carbocycles. The first-order valence-electron chi connectivity index (χ1n) is 8.48. The summed E-state index contributed by atoms with van der Waals surface area (Å²) < 4.78 is 4.75. The van der Waals surface area contributed by atoms with Crippen LogP contribution in [-0.4, -0.2) is 11.8 Å². The lowest BCUT2D eigenvalue weighted by atomic mass is 9.79. The summed E-state index contributed by atoms with van der Waals surface area (Å²) in [6, 6.07) is 15.9. The molecule has 2 rings (SSSR count). The number of Topliss-reactive ketones (excluding diaryl/α,β-unsaturated/α-hetero) is 1. The van der Waals surface area contributed by atoms with Gasteiger partial charge in [-0.25, -0.2) is 0 Å². The highest BCUT2D eigenvalue weighted by Crippen LogP contribution is 2.28. The lowest BCUT2D eigenvalue weighted by molar-refractivity contribution is -0.134. The van der Waals surface area contributed by atoms with Crippen molar-refractivity contribution in [1.29, 1.82) is 0 Å². The number of carbonyl (C=O) groups is 2. The Labute approximate surface area is 152 Å². The molecule has 0 aliphatic carbocycles. The molecular weight excluding hydrogens is 331 g/mol. The third-order valence-electron chi connectivity index (χ3n) is 4.67. The van der Waals surface area contributed by atoms with Gasteiger partial charge in [0.05, 0.1) is 15.9 Å². The largest absolute Gasteiger partial charge is 0.451 e. The zero-order chi connectivity index (χ0) is 18.4. The van der Waals surface area contributed by atoms with E-state index in [2.05, 4.69) is 0 Å². The fourth-order valence-electron chi connectivity index (χ4n) is 3.30. The molecule has 2 aromatic rings. The summed E-state index contributed by atoms with van der Waals surface area (Å²) >= 11 is 0. The Kier molecular flexibility index (Phi) is 6.90. The minimum atomic E-state index is -0.409. The van der Waals surface area contributed by atoms with E-state index in [0.29, 0.717) is 0 Å². The van der Waals surface area contributed by atoms with Gasteiger partial charge < -0.3 is 4.52 Å². The maximum absolute atomic E-state index is 13.3. The summed E-state index contributed by atoms with van der Waals surface area (Å²) in [5.74, 6) is -0.741. The Balaban J connectivity index is 2.31. The monoisotopic (exact) mass is 356 g/mol. The normalized spacial score (nSPS) is 13.1. The predicted molar refractivity (Wildman–Crippen MR) is 103 cm³/mol. The van der Waals surface area contributed by atoms with Gasteiger partial charge in [0.1, 0.15) is 0 Å². The van der Waals surface area contributed by atoms with Crippen LogP contribution < -0.4 is 0 Å². The first kappa shape index (κ1) is 19.3. The molecule has 0 bridgehead atoms. The van der Waals surface area contributed by atoms with E-state index in [-0.39, 0.29) is 24.1 Å². The maximum Gasteiger partial charge on any atom is 0.308 e. The van der Waals surface area contributed by atoms with Crippen molar-refractivity contribution in [3.63, 3.8) is 0 Å². The predicted octanol–water partition coefficient (Wildman–Crippen LogP) is 4.70. The number of rotatable bonds is 7. The van der Waals surface area contributed by atoms with Gasteiger partial charge in [-0.15, -0.1) is 0 Å². The number of hydrogen-bond donors (Lipinski definition) is 0. The molecular formula is C21H25O3P. The van der Waals surface area contributed by atoms with Gasteiger partial charge >= 0.3 is 5.97 Å². The second-order valence-corrected chi connectivity index (χ2v) is 6.83. The molecule has 0 aromatic heterocycles. The van der Waals surface area contributed by atoms with E-state index in [4.69, 9.17) is 4.52 Å². The molecule has 0 saturated heterocycles. The molecule has 0 aliphatic rings. The van der Waals surface area contributed by atoms with Gasteiger partial charge in [0.2, 0.25) is 0 Å². The number of ketones is 1. The molecule has 25 heavy (non-hydrogen) atoms. The van der Waals surface area contributed by atoms with Crippen molar-refractivity contribution < 1.29 is 14.1 Å². The van der Waals surface area contributed by atoms with Crippen molar-refractivity contribution in [3.8, 4) is 0 Å². The molecule has 3 nitrogen and oxygen atoms in total. The Morgan fingerprint density at radius 1 is 1.00 bits per heavy atom. The highest BCUT2D eigenvalue weighted by Gasteiger charge is 2.30. The molecule has 132 valence electrons. The average Bonchev–Trinajstić information content (AvgIpc) is 2.59. The molecule has 0 saturated carbocycles. The van der Waals surface area contributed by atoms with Crippen molar-refractivity contribution in [2.75, 3.05) is 0 Å². The van der Waals surface area contributed by atoms with Gasteiger partial charge in [-0.2, -0.15) is 0 Å². The molecule has 0 fully saturated rings. The Bertz CT molecular complexity index is 720. The van der Waals surface area contributed by atoms with Gasteiger partial charge in [0, 0.05) is 11.5 Å². The Morgan fingerprint density at radius 2 is 1.60 bits per heavy atom. The number of hydrogen-bond acceptors (Lipinski definition) is 3. The van der Waals surface area contributed by atoms with E-state index in [9.17, 15) is 9.59 Å². The summed E-state index contributed by atoms with van der Waals surface area (Å²) in [6.07, 6.45) is 0.830. The van der Waals surface area contributed by atoms with E-state index in [1.54, 1.807) is 0 Å². The van der Waals surface area contributed by atoms with Crippen LogP contribution in [0, 0.1) is 25.7 Å². The summed E-state index contributed by atoms with van der Waals surface area (Å²) in [6.45, 7) is 5.90. The lowest BCUT2D eigenvalue weighted by Crippen LogP contribution is -2.27. The minimum Gasteiger partial charge on any atom is -0.451 e. The SMILES string of the molecule is Cc1cccc(C)c1C(=O)C(CC(=O)OP)C(C)Cc1ccccc1. The molecule has 3 unspecified atom stereocenters. The lowest BCUT2D eigenvalue weighted by Gasteiger charge is -2.24. The van der Waals surface area contributed by atoms with E-state index in [1.165, 1.54) is 0 Å². The molecule has 0 aliphatic heterocycles. The zero-order valence-corrected chi connectivity index (χ0v) is 16.1. The fourth-order valence-corrected chi connectivity index (χ4v) is 3.39. The van der Waals surface area contributed by atoms with Gasteiger partial charge in [0.15, 0.2) is 5.78 Å². The van der Waals surface area contributed by atoms with Gasteiger partial charge in [-0.3, -0.25) is 9.59 Å². The smallest absolute Gasteiger partial charge is 0.308 e. The van der Waals surface area contributed by atoms with Gasteiger partial charge in [-0.05, 0) is 42.9 Å². The third kappa shape index (κ3) is 4.99. The second-order valence-electron chi connectivity index (χ2n) is 6.60. The van der Waals surface area contributed by atoms with Crippen LogP contribution in [0.25, 0.3) is 0 Å². The Hall–Kier alpha value is -1.99. The molecule has 0 N–H and O–H groups in total. The first-order valence-corrected chi connectivity index (χ1v) is 8.95. The van der Waals surface area contributed by atoms with Crippen LogP contribution in [0.15, 0.2) is 48.5 Å². The first-order chi connectivity index (χ1) is 11.9. The maximum atomic E-state index is 13.3. The summed E-state index contributed by atoms with van der Waals surface area (Å²) in [5, 5.41) is 0. The van der Waals surface area contributed by atoms with E-state index < -0.39 is 5.92 Å². The molecule has 3 atom stereocenters. The van der Waals surface area contributed by atoms with E-state index in [0.717, 1.165) is 28.7 Å². The molecule has 0 radical (unpaired) electrons. The summed E-state index contributed by atoms with van der Waals surface area (Å²) in [5.41, 5.74) is 3.78. The zero-order valence-electron chi connectivity index (χ0n) is 15.0. The van der Waals surface area contributed by atoms with Crippen molar-refractivity contribution in [2.45, 2.75) is 33.6 Å². The van der Waals surface area contributed by atoms with Crippen LogP contribution in [0.3, 0.4) is 0 Å². The highest BCUT2D eigenvalue weighted by atomic mass is 31.0. The van der Waals surface area contributed by atoms with E-state index in [1.807, 2.05) is 78.8 Å². The standard InChI is InChI=1S/C21H25O3P/c1-14-8-7-9-15(2)20(14)21(23)18(13-19(22)24-25)16(3)12-17-10-5-4-6-11-17/h4-11,16,18H,12-13,25H2,1-3H3. The van der Waals surface area contributed by atoms with Crippen molar-refractivity contribution in [3.05, 3.63) is 70.8 Å². The molecule has 4 heteroatoms. The summed E-state index contributed by atoms with van der Waals surface area (Å²) in [4.78, 5) is 25.1. The van der Waals surface area contributed by atoms with Gasteiger partial charge in [0.25, 0.3) is 0 Å². The quantitative estimate of drug-likeness (QED) is 0.533. The number of benzene rings is 2. The van der Waals surface area contributed by atoms with Crippen LogP contribution in [0.1, 0.15) is 40.4 Å². The van der Waals surface area contributed by atoms with E-state index >= 15 is 0 Å². The van der Waals surface area contributed by atoms with Crippen LogP contribution in [-0.2, 0) is 15.7 Å². The fraction of sp³-hybridized carbons (Fsp3) is 0.333. The Morgan fingerprint density at radius 3 is 2.16 bits per heavy atom.